The lowest BCUT2D eigenvalue weighted by molar-refractivity contribution is -0.122. The van der Waals surface area contributed by atoms with Crippen molar-refractivity contribution in [3.63, 3.8) is 0 Å². The number of nitrogens with zero attached hydrogens (tertiary/aromatic N) is 1. The molecule has 0 saturated carbocycles. The van der Waals surface area contributed by atoms with Gasteiger partial charge in [0.2, 0.25) is 5.91 Å². The molecule has 0 bridgehead atoms. The topological polar surface area (TPSA) is 68.0 Å². The highest BCUT2D eigenvalue weighted by Gasteiger charge is 2.26. The number of amides is 1. The number of halogens is 1. The van der Waals surface area contributed by atoms with Crippen LogP contribution in [0.5, 0.6) is 0 Å². The molecule has 4 nitrogen and oxygen atoms in total. The van der Waals surface area contributed by atoms with Crippen LogP contribution in [0, 0.1) is 5.92 Å². The van der Waals surface area contributed by atoms with E-state index in [2.05, 4.69) is 24.1 Å². The van der Waals surface area contributed by atoms with Crippen molar-refractivity contribution in [2.24, 2.45) is 11.7 Å². The highest BCUT2D eigenvalue weighted by molar-refractivity contribution is 7.13. The fraction of sp³-hybridized carbons (Fsp3) is 0.444. The smallest absolute Gasteiger partial charge is 0.226 e. The number of aromatic nitrogens is 1. The number of nitrogens with two attached hydrogens (primary N) is 1. The molecule has 0 aliphatic rings. The number of benzene rings is 1. The summed E-state index contributed by atoms with van der Waals surface area (Å²) >= 11 is 7.69. The van der Waals surface area contributed by atoms with Gasteiger partial charge in [0.25, 0.3) is 0 Å². The number of thiazole rings is 1. The van der Waals surface area contributed by atoms with Gasteiger partial charge in [-0.3, -0.25) is 4.79 Å². The monoisotopic (exact) mass is 365 g/mol. The minimum Gasteiger partial charge on any atom is -0.349 e. The van der Waals surface area contributed by atoms with Crippen molar-refractivity contribution in [3.8, 4) is 10.6 Å². The Bertz CT molecular complexity index is 701. The van der Waals surface area contributed by atoms with Crippen molar-refractivity contribution in [1.82, 2.24) is 10.3 Å². The van der Waals surface area contributed by atoms with Crippen LogP contribution in [0.4, 0.5) is 0 Å². The van der Waals surface area contributed by atoms with E-state index in [1.807, 2.05) is 36.6 Å². The molecule has 1 atom stereocenters. The van der Waals surface area contributed by atoms with Crippen LogP contribution in [0.1, 0.15) is 32.9 Å². The van der Waals surface area contributed by atoms with Crippen LogP contribution in [0.15, 0.2) is 29.6 Å². The van der Waals surface area contributed by atoms with Crippen LogP contribution in [0.3, 0.4) is 0 Å². The molecule has 6 heteroatoms. The quantitative estimate of drug-likeness (QED) is 0.782. The fourth-order valence-corrected chi connectivity index (χ4v) is 3.92. The van der Waals surface area contributed by atoms with Gasteiger partial charge in [0, 0.05) is 23.0 Å². The van der Waals surface area contributed by atoms with Crippen molar-refractivity contribution in [3.05, 3.63) is 40.4 Å². The van der Waals surface area contributed by atoms with Gasteiger partial charge in [0.1, 0.15) is 5.01 Å². The molecular weight excluding hydrogens is 342 g/mol. The maximum atomic E-state index is 12.4. The summed E-state index contributed by atoms with van der Waals surface area (Å²) in [6, 6.07) is 7.58. The summed E-state index contributed by atoms with van der Waals surface area (Å²) in [5.41, 5.74) is 7.11. The van der Waals surface area contributed by atoms with Gasteiger partial charge in [-0.25, -0.2) is 4.98 Å². The highest BCUT2D eigenvalue weighted by Crippen LogP contribution is 2.30. The number of rotatable bonds is 7. The van der Waals surface area contributed by atoms with E-state index >= 15 is 0 Å². The van der Waals surface area contributed by atoms with Gasteiger partial charge in [-0.05, 0) is 25.3 Å². The van der Waals surface area contributed by atoms with Gasteiger partial charge in [0.05, 0.1) is 17.1 Å². The number of hydrogen-bond acceptors (Lipinski definition) is 4. The summed E-state index contributed by atoms with van der Waals surface area (Å²) in [4.78, 5) is 16.9. The molecular formula is C18H24ClN3OS. The summed E-state index contributed by atoms with van der Waals surface area (Å²) < 4.78 is 0. The summed E-state index contributed by atoms with van der Waals surface area (Å²) in [6.45, 7) is 6.65. The molecule has 1 unspecified atom stereocenters. The standard InChI is InChI=1S/C18H24ClN3OS/c1-12(2)9-18(3,11-20)22-16(23)8-13-10-24-17(21-13)14-6-4-5-7-15(14)19/h4-7,10,12H,8-9,11,20H2,1-3H3,(H,22,23). The van der Waals surface area contributed by atoms with Gasteiger partial charge in [-0.15, -0.1) is 11.3 Å². The second kappa shape index (κ2) is 8.10. The third kappa shape index (κ3) is 5.03. The van der Waals surface area contributed by atoms with Gasteiger partial charge in [-0.2, -0.15) is 0 Å². The Balaban J connectivity index is 2.04. The normalized spacial score (nSPS) is 13.8. The summed E-state index contributed by atoms with van der Waals surface area (Å²) in [5.74, 6) is 0.407. The average molecular weight is 366 g/mol. The molecule has 0 fully saturated rings. The first-order valence-electron chi connectivity index (χ1n) is 8.03. The van der Waals surface area contributed by atoms with Gasteiger partial charge >= 0.3 is 0 Å². The van der Waals surface area contributed by atoms with Crippen LogP contribution in [-0.4, -0.2) is 23.0 Å². The lowest BCUT2D eigenvalue weighted by atomic mass is 9.90. The van der Waals surface area contributed by atoms with Crippen LogP contribution in [0.2, 0.25) is 5.02 Å². The van der Waals surface area contributed by atoms with Crippen molar-refractivity contribution in [2.75, 3.05) is 6.54 Å². The zero-order chi connectivity index (χ0) is 17.7. The fourth-order valence-electron chi connectivity index (χ4n) is 2.78. The molecule has 2 rings (SSSR count). The van der Waals surface area contributed by atoms with E-state index in [0.29, 0.717) is 17.5 Å². The highest BCUT2D eigenvalue weighted by atomic mass is 35.5. The first kappa shape index (κ1) is 18.9. The summed E-state index contributed by atoms with van der Waals surface area (Å²) in [7, 11) is 0. The lowest BCUT2D eigenvalue weighted by Gasteiger charge is -2.31. The van der Waals surface area contributed by atoms with Crippen molar-refractivity contribution >= 4 is 28.8 Å². The van der Waals surface area contributed by atoms with Gasteiger partial charge in [0.15, 0.2) is 0 Å². The summed E-state index contributed by atoms with van der Waals surface area (Å²) in [5, 5.41) is 6.45. The lowest BCUT2D eigenvalue weighted by Crippen LogP contribution is -2.52. The Hall–Kier alpha value is -1.43. The van der Waals surface area contributed by atoms with Crippen LogP contribution >= 0.6 is 22.9 Å². The molecule has 0 aliphatic heterocycles. The Morgan fingerprint density at radius 1 is 1.42 bits per heavy atom. The molecule has 0 spiro atoms. The Kier molecular flexibility index (Phi) is 6.38. The third-order valence-electron chi connectivity index (χ3n) is 3.75. The Morgan fingerprint density at radius 3 is 2.75 bits per heavy atom. The van der Waals surface area contributed by atoms with Crippen molar-refractivity contribution in [1.29, 1.82) is 0 Å². The number of carbonyl (C=O) groups excluding carboxylic acids is 1. The predicted octanol–water partition coefficient (Wildman–Crippen LogP) is 3.89. The van der Waals surface area contributed by atoms with E-state index in [0.717, 1.165) is 22.7 Å². The number of nitrogens with one attached hydrogen (secondary N) is 1. The van der Waals surface area contributed by atoms with Crippen LogP contribution < -0.4 is 11.1 Å². The van der Waals surface area contributed by atoms with Gasteiger partial charge in [-0.1, -0.05) is 43.6 Å². The van der Waals surface area contributed by atoms with E-state index in [-0.39, 0.29) is 17.9 Å². The molecule has 0 aliphatic carbocycles. The predicted molar refractivity (Wildman–Crippen MR) is 101 cm³/mol. The Labute approximate surface area is 152 Å². The molecule has 0 radical (unpaired) electrons. The molecule has 1 aromatic heterocycles. The number of carbonyl (C=O) groups is 1. The molecule has 130 valence electrons. The maximum absolute atomic E-state index is 12.4. The van der Waals surface area contributed by atoms with E-state index in [4.69, 9.17) is 17.3 Å². The third-order valence-corrected chi connectivity index (χ3v) is 5.00. The van der Waals surface area contributed by atoms with Crippen molar-refractivity contribution in [2.45, 2.75) is 39.2 Å². The Morgan fingerprint density at radius 2 is 2.12 bits per heavy atom. The van der Waals surface area contributed by atoms with Crippen molar-refractivity contribution < 1.29 is 4.79 Å². The van der Waals surface area contributed by atoms with E-state index in [9.17, 15) is 4.79 Å². The minimum atomic E-state index is -0.382. The minimum absolute atomic E-state index is 0.0559. The van der Waals surface area contributed by atoms with E-state index in [1.165, 1.54) is 11.3 Å². The first-order chi connectivity index (χ1) is 11.3. The van der Waals surface area contributed by atoms with Crippen LogP contribution in [-0.2, 0) is 11.2 Å². The SMILES string of the molecule is CC(C)CC(C)(CN)NC(=O)Cc1csc(-c2ccccc2Cl)n1. The molecule has 1 amide bonds. The average Bonchev–Trinajstić information content (AvgIpc) is 2.94. The molecule has 1 aromatic carbocycles. The number of hydrogen-bond donors (Lipinski definition) is 2. The van der Waals surface area contributed by atoms with E-state index < -0.39 is 0 Å². The van der Waals surface area contributed by atoms with Gasteiger partial charge < -0.3 is 11.1 Å². The molecule has 0 saturated heterocycles. The molecule has 24 heavy (non-hydrogen) atoms. The van der Waals surface area contributed by atoms with E-state index in [1.54, 1.807) is 0 Å². The maximum Gasteiger partial charge on any atom is 0.226 e. The molecule has 1 heterocycles. The zero-order valence-electron chi connectivity index (χ0n) is 14.3. The summed E-state index contributed by atoms with van der Waals surface area (Å²) in [6.07, 6.45) is 1.09. The largest absolute Gasteiger partial charge is 0.349 e. The zero-order valence-corrected chi connectivity index (χ0v) is 15.9. The second-order valence-corrected chi connectivity index (χ2v) is 7.98. The second-order valence-electron chi connectivity index (χ2n) is 6.71. The molecule has 2 aromatic rings. The first-order valence-corrected chi connectivity index (χ1v) is 9.29. The van der Waals surface area contributed by atoms with Crippen LogP contribution in [0.25, 0.3) is 10.6 Å². The molecule has 3 N–H and O–H groups in total.